The molecule has 0 heterocycles. The monoisotopic (exact) mass is 379 g/mol. The summed E-state index contributed by atoms with van der Waals surface area (Å²) in [6.45, 7) is 7.13. The second kappa shape index (κ2) is 6.12. The Bertz CT molecular complexity index is 563. The minimum Gasteiger partial charge on any atom is -0.444 e. The van der Waals surface area contributed by atoms with Gasteiger partial charge in [-0.25, -0.2) is 4.79 Å². The zero-order chi connectivity index (χ0) is 17.3. The van der Waals surface area contributed by atoms with Crippen LogP contribution < -0.4 is 5.32 Å². The predicted octanol–water partition coefficient (Wildman–Crippen LogP) is 4.66. The smallest absolute Gasteiger partial charge is 0.412 e. The maximum atomic E-state index is 14.2. The lowest BCUT2D eigenvalue weighted by Gasteiger charge is -2.29. The van der Waals surface area contributed by atoms with Gasteiger partial charge in [-0.15, -0.1) is 0 Å². The highest BCUT2D eigenvalue weighted by Crippen LogP contribution is 2.40. The Kier molecular flexibility index (Phi) is 5.24. The van der Waals surface area contributed by atoms with Crippen molar-refractivity contribution in [1.29, 1.82) is 0 Å². The quantitative estimate of drug-likeness (QED) is 0.802. The zero-order valence-corrected chi connectivity index (χ0v) is 14.7. The van der Waals surface area contributed by atoms with Gasteiger partial charge in [0, 0.05) is 15.7 Å². The molecule has 0 bridgehead atoms. The van der Waals surface area contributed by atoms with Gasteiger partial charge in [0.1, 0.15) is 11.2 Å². The topological polar surface area (TPSA) is 58.6 Å². The SMILES string of the molecule is CC(C)(C)OC(=O)Nc1cc(Br)cc(C(F)(F)C(C)(C)O)c1. The van der Waals surface area contributed by atoms with Gasteiger partial charge in [0.25, 0.3) is 0 Å². The number of carbonyl (C=O) groups excluding carboxylic acids is 1. The first-order chi connectivity index (χ1) is 9.72. The van der Waals surface area contributed by atoms with Crippen LogP contribution in [0.15, 0.2) is 22.7 Å². The molecule has 0 aromatic heterocycles. The molecule has 0 fully saturated rings. The lowest BCUT2D eigenvalue weighted by atomic mass is 9.93. The van der Waals surface area contributed by atoms with Gasteiger partial charge in [0.15, 0.2) is 0 Å². The number of alkyl halides is 2. The molecule has 1 rings (SSSR count). The minimum absolute atomic E-state index is 0.141. The van der Waals surface area contributed by atoms with Gasteiger partial charge in [0.05, 0.1) is 0 Å². The summed E-state index contributed by atoms with van der Waals surface area (Å²) in [5, 5.41) is 12.0. The number of ether oxygens (including phenoxy) is 1. The predicted molar refractivity (Wildman–Crippen MR) is 84.2 cm³/mol. The van der Waals surface area contributed by atoms with Gasteiger partial charge < -0.3 is 9.84 Å². The Morgan fingerprint density at radius 2 is 1.73 bits per heavy atom. The Morgan fingerprint density at radius 3 is 2.18 bits per heavy atom. The summed E-state index contributed by atoms with van der Waals surface area (Å²) >= 11 is 3.12. The van der Waals surface area contributed by atoms with Gasteiger partial charge in [-0.3, -0.25) is 5.32 Å². The molecule has 1 aromatic rings. The molecule has 124 valence electrons. The van der Waals surface area contributed by atoms with Crippen molar-refractivity contribution in [3.05, 3.63) is 28.2 Å². The molecule has 22 heavy (non-hydrogen) atoms. The third-order valence-electron chi connectivity index (χ3n) is 2.67. The number of carbonyl (C=O) groups is 1. The first kappa shape index (κ1) is 18.8. The van der Waals surface area contributed by atoms with E-state index in [2.05, 4.69) is 21.2 Å². The van der Waals surface area contributed by atoms with E-state index in [-0.39, 0.29) is 5.69 Å². The summed E-state index contributed by atoms with van der Waals surface area (Å²) in [5.41, 5.74) is -3.21. The third kappa shape index (κ3) is 4.91. The summed E-state index contributed by atoms with van der Waals surface area (Å²) in [6, 6.07) is 3.76. The summed E-state index contributed by atoms with van der Waals surface area (Å²) in [7, 11) is 0. The van der Waals surface area contributed by atoms with Crippen molar-refractivity contribution >= 4 is 27.7 Å². The maximum Gasteiger partial charge on any atom is 0.412 e. The van der Waals surface area contributed by atoms with Gasteiger partial charge in [-0.1, -0.05) is 15.9 Å². The maximum absolute atomic E-state index is 14.2. The molecule has 1 aromatic carbocycles. The van der Waals surface area contributed by atoms with Crippen molar-refractivity contribution in [2.45, 2.75) is 51.7 Å². The van der Waals surface area contributed by atoms with Crippen molar-refractivity contribution in [2.24, 2.45) is 0 Å². The van der Waals surface area contributed by atoms with E-state index in [0.717, 1.165) is 19.9 Å². The van der Waals surface area contributed by atoms with E-state index in [1.807, 2.05) is 0 Å². The van der Waals surface area contributed by atoms with E-state index in [9.17, 15) is 18.7 Å². The van der Waals surface area contributed by atoms with Gasteiger partial charge in [0.2, 0.25) is 0 Å². The van der Waals surface area contributed by atoms with Crippen LogP contribution in [0.5, 0.6) is 0 Å². The van der Waals surface area contributed by atoms with Crippen molar-refractivity contribution < 1.29 is 23.4 Å². The second-order valence-corrected chi connectivity index (χ2v) is 7.40. The van der Waals surface area contributed by atoms with Crippen LogP contribution >= 0.6 is 15.9 Å². The number of halogens is 3. The normalized spacial score (nSPS) is 13.0. The van der Waals surface area contributed by atoms with Gasteiger partial charge in [-0.2, -0.15) is 8.78 Å². The van der Waals surface area contributed by atoms with Crippen LogP contribution in [0.3, 0.4) is 0 Å². The molecule has 1 amide bonds. The van der Waals surface area contributed by atoms with Crippen LogP contribution in [0.1, 0.15) is 40.2 Å². The summed E-state index contributed by atoms with van der Waals surface area (Å²) < 4.78 is 33.9. The molecular formula is C15H20BrF2NO3. The summed E-state index contributed by atoms with van der Waals surface area (Å²) in [6.07, 6.45) is -0.747. The van der Waals surface area contributed by atoms with Crippen molar-refractivity contribution in [3.63, 3.8) is 0 Å². The molecular weight excluding hydrogens is 360 g/mol. The number of aliphatic hydroxyl groups is 1. The number of hydrogen-bond donors (Lipinski definition) is 2. The summed E-state index contributed by atoms with van der Waals surface area (Å²) in [5.74, 6) is -3.48. The molecule has 0 aliphatic carbocycles. The highest BCUT2D eigenvalue weighted by Gasteiger charge is 2.47. The number of rotatable bonds is 3. The van der Waals surface area contributed by atoms with Crippen molar-refractivity contribution in [3.8, 4) is 0 Å². The van der Waals surface area contributed by atoms with Crippen molar-refractivity contribution in [2.75, 3.05) is 5.32 Å². The fourth-order valence-corrected chi connectivity index (χ4v) is 2.11. The molecule has 0 saturated carbocycles. The largest absolute Gasteiger partial charge is 0.444 e. The van der Waals surface area contributed by atoms with Gasteiger partial charge in [-0.05, 0) is 52.8 Å². The van der Waals surface area contributed by atoms with Crippen LogP contribution in [0, 0.1) is 0 Å². The third-order valence-corrected chi connectivity index (χ3v) is 3.13. The van der Waals surface area contributed by atoms with Crippen LogP contribution in [0.2, 0.25) is 0 Å². The Labute approximate surface area is 137 Å². The van der Waals surface area contributed by atoms with E-state index >= 15 is 0 Å². The second-order valence-electron chi connectivity index (χ2n) is 6.49. The highest BCUT2D eigenvalue weighted by molar-refractivity contribution is 9.10. The molecule has 0 spiro atoms. The number of nitrogens with one attached hydrogen (secondary N) is 1. The molecule has 0 aliphatic heterocycles. The van der Waals surface area contributed by atoms with E-state index in [0.29, 0.717) is 4.47 Å². The standard InChI is InChI=1S/C15H20BrF2NO3/c1-13(2,3)22-12(20)19-11-7-9(6-10(16)8-11)15(17,18)14(4,5)21/h6-8,21H,1-5H3,(H,19,20). The fraction of sp³-hybridized carbons (Fsp3) is 0.533. The van der Waals surface area contributed by atoms with Crippen LogP contribution in [-0.2, 0) is 10.7 Å². The Morgan fingerprint density at radius 1 is 1.18 bits per heavy atom. The number of anilines is 1. The van der Waals surface area contributed by atoms with E-state index in [4.69, 9.17) is 4.74 Å². The number of benzene rings is 1. The average Bonchev–Trinajstić information content (AvgIpc) is 2.23. The lowest BCUT2D eigenvalue weighted by molar-refractivity contribution is -0.168. The first-order valence-corrected chi connectivity index (χ1v) is 7.43. The number of hydrogen-bond acceptors (Lipinski definition) is 3. The van der Waals surface area contributed by atoms with E-state index in [1.54, 1.807) is 20.8 Å². The molecule has 0 atom stereocenters. The van der Waals surface area contributed by atoms with Crippen molar-refractivity contribution in [1.82, 2.24) is 0 Å². The first-order valence-electron chi connectivity index (χ1n) is 6.63. The molecule has 7 heteroatoms. The molecule has 0 radical (unpaired) electrons. The Balaban J connectivity index is 3.08. The molecule has 2 N–H and O–H groups in total. The lowest BCUT2D eigenvalue weighted by Crippen LogP contribution is -2.40. The molecule has 0 aliphatic rings. The average molecular weight is 380 g/mol. The fourth-order valence-electron chi connectivity index (χ4n) is 1.62. The zero-order valence-electron chi connectivity index (χ0n) is 13.1. The van der Waals surface area contributed by atoms with Crippen LogP contribution in [-0.4, -0.2) is 22.4 Å². The van der Waals surface area contributed by atoms with Crippen LogP contribution in [0.25, 0.3) is 0 Å². The number of amides is 1. The van der Waals surface area contributed by atoms with E-state index in [1.165, 1.54) is 12.1 Å². The van der Waals surface area contributed by atoms with Gasteiger partial charge >= 0.3 is 12.0 Å². The Hall–Kier alpha value is -1.21. The van der Waals surface area contributed by atoms with Crippen LogP contribution in [0.4, 0.5) is 19.3 Å². The molecule has 0 saturated heterocycles. The molecule has 0 unspecified atom stereocenters. The molecule has 4 nitrogen and oxygen atoms in total. The summed E-state index contributed by atoms with van der Waals surface area (Å²) in [4.78, 5) is 11.7. The highest BCUT2D eigenvalue weighted by atomic mass is 79.9. The minimum atomic E-state index is -3.48. The van der Waals surface area contributed by atoms with E-state index < -0.39 is 28.8 Å².